The number of ether oxygens (including phenoxy) is 1. The monoisotopic (exact) mass is 290 g/mol. The highest BCUT2D eigenvalue weighted by molar-refractivity contribution is 7.90. The summed E-state index contributed by atoms with van der Waals surface area (Å²) in [6.45, 7) is 5.01. The maximum absolute atomic E-state index is 11.7. The number of rotatable bonds is 3. The van der Waals surface area contributed by atoms with E-state index >= 15 is 0 Å². The fraction of sp³-hybridized carbons (Fsp3) is 0.417. The van der Waals surface area contributed by atoms with Crippen LogP contribution in [-0.2, 0) is 14.6 Å². The summed E-state index contributed by atoms with van der Waals surface area (Å²) >= 11 is 6.02. The molecule has 1 rings (SSSR count). The van der Waals surface area contributed by atoms with Crippen molar-refractivity contribution in [3.05, 3.63) is 28.3 Å². The fourth-order valence-corrected chi connectivity index (χ4v) is 2.78. The third-order valence-corrected chi connectivity index (χ3v) is 4.03. The molecule has 100 valence electrons. The first-order valence-electron chi connectivity index (χ1n) is 5.34. The number of hydrogen-bond acceptors (Lipinski definition) is 4. The molecule has 0 aliphatic rings. The number of esters is 1. The van der Waals surface area contributed by atoms with E-state index in [0.29, 0.717) is 5.56 Å². The number of sulfone groups is 1. The Morgan fingerprint density at radius 3 is 2.33 bits per heavy atom. The van der Waals surface area contributed by atoms with E-state index in [0.717, 1.165) is 6.26 Å². The molecule has 0 heterocycles. The van der Waals surface area contributed by atoms with Gasteiger partial charge in [-0.1, -0.05) is 11.6 Å². The van der Waals surface area contributed by atoms with Gasteiger partial charge in [-0.2, -0.15) is 0 Å². The van der Waals surface area contributed by atoms with Gasteiger partial charge in [-0.3, -0.25) is 0 Å². The van der Waals surface area contributed by atoms with Crippen LogP contribution in [-0.4, -0.2) is 26.7 Å². The van der Waals surface area contributed by atoms with Crippen LogP contribution in [0.1, 0.15) is 29.8 Å². The number of carbonyl (C=O) groups excluding carboxylic acids is 1. The van der Waals surface area contributed by atoms with E-state index in [1.165, 1.54) is 12.1 Å². The van der Waals surface area contributed by atoms with Crippen molar-refractivity contribution >= 4 is 27.4 Å². The van der Waals surface area contributed by atoms with Crippen LogP contribution in [0.3, 0.4) is 0 Å². The largest absolute Gasteiger partial charge is 0.459 e. The van der Waals surface area contributed by atoms with Crippen LogP contribution in [0.25, 0.3) is 0 Å². The van der Waals surface area contributed by atoms with Crippen LogP contribution in [0.2, 0.25) is 5.02 Å². The van der Waals surface area contributed by atoms with Gasteiger partial charge in [0.25, 0.3) is 0 Å². The van der Waals surface area contributed by atoms with Gasteiger partial charge in [0.2, 0.25) is 0 Å². The zero-order valence-corrected chi connectivity index (χ0v) is 12.2. The standard InChI is InChI=1S/C12H15ClO4S/c1-7(2)17-12(14)9-5-6-10(18(4,15)16)8(3)11(9)13/h5-7H,1-4H3. The van der Waals surface area contributed by atoms with Crippen LogP contribution in [0.5, 0.6) is 0 Å². The Bertz CT molecular complexity index is 576. The maximum atomic E-state index is 11.7. The minimum Gasteiger partial charge on any atom is -0.459 e. The smallest absolute Gasteiger partial charge is 0.339 e. The zero-order valence-electron chi connectivity index (χ0n) is 10.7. The molecule has 0 radical (unpaired) electrons. The lowest BCUT2D eigenvalue weighted by molar-refractivity contribution is 0.0378. The second kappa shape index (κ2) is 5.28. The average molecular weight is 291 g/mol. The Balaban J connectivity index is 3.29. The molecule has 4 nitrogen and oxygen atoms in total. The highest BCUT2D eigenvalue weighted by Gasteiger charge is 2.20. The van der Waals surface area contributed by atoms with E-state index in [1.54, 1.807) is 20.8 Å². The van der Waals surface area contributed by atoms with Gasteiger partial charge in [-0.05, 0) is 38.5 Å². The first-order chi connectivity index (χ1) is 8.14. The minimum absolute atomic E-state index is 0.114. The topological polar surface area (TPSA) is 60.4 Å². The van der Waals surface area contributed by atoms with Crippen molar-refractivity contribution in [2.75, 3.05) is 6.26 Å². The summed E-state index contributed by atoms with van der Waals surface area (Å²) in [4.78, 5) is 11.9. The van der Waals surface area contributed by atoms with Gasteiger partial charge in [0.15, 0.2) is 9.84 Å². The maximum Gasteiger partial charge on any atom is 0.339 e. The quantitative estimate of drug-likeness (QED) is 0.803. The van der Waals surface area contributed by atoms with Crippen molar-refractivity contribution in [1.29, 1.82) is 0 Å². The van der Waals surface area contributed by atoms with Gasteiger partial charge < -0.3 is 4.74 Å². The second-order valence-corrected chi connectivity index (χ2v) is 6.64. The molecule has 0 N–H and O–H groups in total. The van der Waals surface area contributed by atoms with E-state index in [-0.39, 0.29) is 21.6 Å². The summed E-state index contributed by atoms with van der Waals surface area (Å²) in [6, 6.07) is 2.74. The Labute approximate surface area is 112 Å². The van der Waals surface area contributed by atoms with E-state index in [4.69, 9.17) is 16.3 Å². The predicted molar refractivity (Wildman–Crippen MR) is 69.9 cm³/mol. The average Bonchev–Trinajstić information content (AvgIpc) is 2.18. The molecule has 0 bridgehead atoms. The van der Waals surface area contributed by atoms with Crippen molar-refractivity contribution in [2.24, 2.45) is 0 Å². The van der Waals surface area contributed by atoms with Gasteiger partial charge in [-0.15, -0.1) is 0 Å². The molecule has 18 heavy (non-hydrogen) atoms. The van der Waals surface area contributed by atoms with Gasteiger partial charge in [0.1, 0.15) is 0 Å². The normalized spacial score (nSPS) is 11.7. The molecule has 0 amide bonds. The third-order valence-electron chi connectivity index (χ3n) is 2.30. The molecule has 6 heteroatoms. The van der Waals surface area contributed by atoms with Gasteiger partial charge >= 0.3 is 5.97 Å². The first-order valence-corrected chi connectivity index (χ1v) is 7.61. The third kappa shape index (κ3) is 3.23. The number of hydrogen-bond donors (Lipinski definition) is 0. The van der Waals surface area contributed by atoms with E-state index < -0.39 is 15.8 Å². The van der Waals surface area contributed by atoms with Crippen molar-refractivity contribution in [3.63, 3.8) is 0 Å². The highest BCUT2D eigenvalue weighted by atomic mass is 35.5. The zero-order chi connectivity index (χ0) is 14.1. The van der Waals surface area contributed by atoms with Crippen LogP contribution in [0, 0.1) is 6.92 Å². The number of benzene rings is 1. The molecular weight excluding hydrogens is 276 g/mol. The lowest BCUT2D eigenvalue weighted by Crippen LogP contribution is -2.13. The summed E-state index contributed by atoms with van der Waals surface area (Å²) in [5, 5.41) is 0.114. The van der Waals surface area contributed by atoms with Crippen LogP contribution >= 0.6 is 11.6 Å². The Morgan fingerprint density at radius 2 is 1.89 bits per heavy atom. The molecule has 1 aromatic rings. The van der Waals surface area contributed by atoms with Crippen molar-refractivity contribution < 1.29 is 17.9 Å². The summed E-state index contributed by atoms with van der Waals surface area (Å²) in [5.74, 6) is -0.557. The molecule has 0 saturated carbocycles. The minimum atomic E-state index is -3.36. The number of halogens is 1. The lowest BCUT2D eigenvalue weighted by atomic mass is 10.1. The molecule has 0 aliphatic heterocycles. The molecule has 0 fully saturated rings. The first kappa shape index (κ1) is 15.0. The fourth-order valence-electron chi connectivity index (χ4n) is 1.50. The van der Waals surface area contributed by atoms with E-state index in [2.05, 4.69) is 0 Å². The molecule has 0 spiro atoms. The Hall–Kier alpha value is -1.07. The molecule has 0 saturated heterocycles. The van der Waals surface area contributed by atoms with Gasteiger partial charge in [0.05, 0.1) is 21.6 Å². The van der Waals surface area contributed by atoms with E-state index in [9.17, 15) is 13.2 Å². The van der Waals surface area contributed by atoms with Crippen LogP contribution in [0.15, 0.2) is 17.0 Å². The molecule has 1 aromatic carbocycles. The Morgan fingerprint density at radius 1 is 1.33 bits per heavy atom. The second-order valence-electron chi connectivity index (χ2n) is 4.28. The summed E-state index contributed by atoms with van der Waals surface area (Å²) in [7, 11) is -3.36. The van der Waals surface area contributed by atoms with Crippen molar-refractivity contribution in [3.8, 4) is 0 Å². The Kier molecular flexibility index (Phi) is 4.40. The molecule has 0 atom stereocenters. The molecule has 0 aromatic heterocycles. The molecule has 0 aliphatic carbocycles. The molecular formula is C12H15ClO4S. The van der Waals surface area contributed by atoms with E-state index in [1.807, 2.05) is 0 Å². The van der Waals surface area contributed by atoms with Crippen LogP contribution < -0.4 is 0 Å². The summed E-state index contributed by atoms with van der Waals surface area (Å²) in [6.07, 6.45) is 0.834. The van der Waals surface area contributed by atoms with Gasteiger partial charge in [-0.25, -0.2) is 13.2 Å². The predicted octanol–water partition coefficient (Wildman–Crippen LogP) is 2.62. The SMILES string of the molecule is Cc1c(S(C)(=O)=O)ccc(C(=O)OC(C)C)c1Cl. The van der Waals surface area contributed by atoms with Crippen LogP contribution in [0.4, 0.5) is 0 Å². The van der Waals surface area contributed by atoms with Gasteiger partial charge in [0, 0.05) is 6.26 Å². The van der Waals surface area contributed by atoms with Crippen molar-refractivity contribution in [1.82, 2.24) is 0 Å². The van der Waals surface area contributed by atoms with Crippen molar-refractivity contribution in [2.45, 2.75) is 31.8 Å². The lowest BCUT2D eigenvalue weighted by Gasteiger charge is -2.12. The summed E-state index contributed by atoms with van der Waals surface area (Å²) in [5.41, 5.74) is 0.535. The summed E-state index contributed by atoms with van der Waals surface area (Å²) < 4.78 is 28.0. The molecule has 0 unspecified atom stereocenters. The highest BCUT2D eigenvalue weighted by Crippen LogP contribution is 2.27. The number of carbonyl (C=O) groups is 1.